The van der Waals surface area contributed by atoms with Gasteiger partial charge in [0.25, 0.3) is 0 Å². The van der Waals surface area contributed by atoms with Crippen molar-refractivity contribution in [3.05, 3.63) is 34.9 Å². The zero-order chi connectivity index (χ0) is 13.8. The summed E-state index contributed by atoms with van der Waals surface area (Å²) >= 11 is 0. The van der Waals surface area contributed by atoms with Crippen LogP contribution in [-0.2, 0) is 4.74 Å². The Bertz CT molecular complexity index is 415. The van der Waals surface area contributed by atoms with Gasteiger partial charge in [-0.2, -0.15) is 0 Å². The van der Waals surface area contributed by atoms with Gasteiger partial charge in [0, 0.05) is 32.3 Å². The molecule has 1 unspecified atom stereocenters. The summed E-state index contributed by atoms with van der Waals surface area (Å²) in [5.74, 6) is 0. The summed E-state index contributed by atoms with van der Waals surface area (Å²) in [5.41, 5.74) is 10.3. The standard InChI is InChI=1S/C16H26N2O/c1-12-4-7-15(13(2)10-12)16(17)11-18(8-9-19-3)14-5-6-14/h4,7,10,14,16H,5-6,8-9,11,17H2,1-3H3. The molecule has 2 rings (SSSR count). The van der Waals surface area contributed by atoms with Crippen molar-refractivity contribution < 1.29 is 4.74 Å². The Balaban J connectivity index is 1.99. The van der Waals surface area contributed by atoms with E-state index in [2.05, 4.69) is 36.9 Å². The zero-order valence-corrected chi connectivity index (χ0v) is 12.4. The molecule has 1 aliphatic carbocycles. The highest BCUT2D eigenvalue weighted by molar-refractivity contribution is 5.32. The molecule has 0 radical (unpaired) electrons. The van der Waals surface area contributed by atoms with Crippen LogP contribution in [0.15, 0.2) is 18.2 Å². The maximum atomic E-state index is 6.40. The van der Waals surface area contributed by atoms with Crippen LogP contribution in [0.1, 0.15) is 35.6 Å². The quantitative estimate of drug-likeness (QED) is 0.820. The smallest absolute Gasteiger partial charge is 0.0589 e. The Morgan fingerprint density at radius 3 is 2.68 bits per heavy atom. The molecule has 1 fully saturated rings. The normalized spacial score (nSPS) is 16.9. The summed E-state index contributed by atoms with van der Waals surface area (Å²) in [4.78, 5) is 2.48. The molecule has 19 heavy (non-hydrogen) atoms. The first-order chi connectivity index (χ1) is 9.11. The van der Waals surface area contributed by atoms with E-state index in [1.807, 2.05) is 0 Å². The summed E-state index contributed by atoms with van der Waals surface area (Å²) in [6.07, 6.45) is 2.62. The van der Waals surface area contributed by atoms with Crippen LogP contribution in [0.25, 0.3) is 0 Å². The monoisotopic (exact) mass is 262 g/mol. The third-order valence-electron chi connectivity index (χ3n) is 3.90. The van der Waals surface area contributed by atoms with Gasteiger partial charge >= 0.3 is 0 Å². The van der Waals surface area contributed by atoms with Crippen LogP contribution in [0.2, 0.25) is 0 Å². The average Bonchev–Trinajstić information content (AvgIpc) is 3.18. The molecule has 0 amide bonds. The Morgan fingerprint density at radius 1 is 1.37 bits per heavy atom. The van der Waals surface area contributed by atoms with Crippen molar-refractivity contribution in [1.82, 2.24) is 4.90 Å². The summed E-state index contributed by atoms with van der Waals surface area (Å²) in [6, 6.07) is 7.37. The van der Waals surface area contributed by atoms with E-state index in [9.17, 15) is 0 Å². The SMILES string of the molecule is COCCN(CC(N)c1ccc(C)cc1C)C1CC1. The van der Waals surface area contributed by atoms with E-state index < -0.39 is 0 Å². The van der Waals surface area contributed by atoms with Crippen LogP contribution in [0.4, 0.5) is 0 Å². The van der Waals surface area contributed by atoms with Gasteiger partial charge in [-0.1, -0.05) is 23.8 Å². The Hall–Kier alpha value is -0.900. The summed E-state index contributed by atoms with van der Waals surface area (Å²) < 4.78 is 5.19. The molecule has 1 atom stereocenters. The fraction of sp³-hybridized carbons (Fsp3) is 0.625. The number of hydrogen-bond donors (Lipinski definition) is 1. The van der Waals surface area contributed by atoms with E-state index >= 15 is 0 Å². The fourth-order valence-electron chi connectivity index (χ4n) is 2.66. The van der Waals surface area contributed by atoms with Gasteiger partial charge in [-0.25, -0.2) is 0 Å². The lowest BCUT2D eigenvalue weighted by atomic mass is 9.99. The van der Waals surface area contributed by atoms with Crippen molar-refractivity contribution in [2.45, 2.75) is 38.8 Å². The number of methoxy groups -OCH3 is 1. The second kappa shape index (κ2) is 6.51. The first-order valence-electron chi connectivity index (χ1n) is 7.17. The van der Waals surface area contributed by atoms with E-state index in [0.29, 0.717) is 0 Å². The Morgan fingerprint density at radius 2 is 2.11 bits per heavy atom. The first kappa shape index (κ1) is 14.5. The van der Waals surface area contributed by atoms with Gasteiger partial charge in [0.2, 0.25) is 0 Å². The molecule has 0 heterocycles. The molecule has 1 aliphatic rings. The van der Waals surface area contributed by atoms with Crippen LogP contribution >= 0.6 is 0 Å². The van der Waals surface area contributed by atoms with Crippen LogP contribution in [0.5, 0.6) is 0 Å². The van der Waals surface area contributed by atoms with Gasteiger partial charge in [-0.05, 0) is 37.8 Å². The number of nitrogens with two attached hydrogens (primary N) is 1. The molecular weight excluding hydrogens is 236 g/mol. The predicted octanol–water partition coefficient (Wildman–Crippen LogP) is 2.41. The van der Waals surface area contributed by atoms with Crippen molar-refractivity contribution in [1.29, 1.82) is 0 Å². The third kappa shape index (κ3) is 4.03. The maximum absolute atomic E-state index is 6.40. The van der Waals surface area contributed by atoms with Gasteiger partial charge in [-0.3, -0.25) is 4.90 Å². The fourth-order valence-corrected chi connectivity index (χ4v) is 2.66. The molecule has 0 saturated heterocycles. The molecule has 1 aromatic carbocycles. The average molecular weight is 262 g/mol. The molecule has 3 nitrogen and oxygen atoms in total. The number of benzene rings is 1. The molecule has 0 aromatic heterocycles. The van der Waals surface area contributed by atoms with E-state index in [4.69, 9.17) is 10.5 Å². The van der Waals surface area contributed by atoms with Gasteiger partial charge in [0.1, 0.15) is 0 Å². The first-order valence-corrected chi connectivity index (χ1v) is 7.17. The largest absolute Gasteiger partial charge is 0.383 e. The lowest BCUT2D eigenvalue weighted by Crippen LogP contribution is -2.36. The van der Waals surface area contributed by atoms with Gasteiger partial charge < -0.3 is 10.5 Å². The van der Waals surface area contributed by atoms with Crippen molar-refractivity contribution >= 4 is 0 Å². The van der Waals surface area contributed by atoms with E-state index in [1.165, 1.54) is 29.5 Å². The molecule has 106 valence electrons. The number of hydrogen-bond acceptors (Lipinski definition) is 3. The minimum absolute atomic E-state index is 0.0954. The second-order valence-electron chi connectivity index (χ2n) is 5.69. The van der Waals surface area contributed by atoms with Gasteiger partial charge in [0.05, 0.1) is 6.61 Å². The lowest BCUT2D eigenvalue weighted by molar-refractivity contribution is 0.139. The predicted molar refractivity (Wildman–Crippen MR) is 79.3 cm³/mol. The molecule has 0 aliphatic heterocycles. The molecule has 3 heteroatoms. The van der Waals surface area contributed by atoms with Crippen molar-refractivity contribution in [2.75, 3.05) is 26.8 Å². The number of ether oxygens (including phenoxy) is 1. The highest BCUT2D eigenvalue weighted by Gasteiger charge is 2.29. The number of aryl methyl sites for hydroxylation is 2. The topological polar surface area (TPSA) is 38.5 Å². The van der Waals surface area contributed by atoms with E-state index in [-0.39, 0.29) is 6.04 Å². The molecule has 0 spiro atoms. The van der Waals surface area contributed by atoms with Crippen LogP contribution in [0.3, 0.4) is 0 Å². The van der Waals surface area contributed by atoms with Crippen molar-refractivity contribution in [3.63, 3.8) is 0 Å². The Labute approximate surface area is 116 Å². The molecule has 0 bridgehead atoms. The third-order valence-corrected chi connectivity index (χ3v) is 3.90. The lowest BCUT2D eigenvalue weighted by Gasteiger charge is -2.26. The number of nitrogens with zero attached hydrogens (tertiary/aromatic N) is 1. The van der Waals surface area contributed by atoms with Gasteiger partial charge in [-0.15, -0.1) is 0 Å². The maximum Gasteiger partial charge on any atom is 0.0589 e. The molecular formula is C16H26N2O. The Kier molecular flexibility index (Phi) is 4.97. The summed E-state index contributed by atoms with van der Waals surface area (Å²) in [7, 11) is 1.76. The molecule has 1 saturated carbocycles. The minimum Gasteiger partial charge on any atom is -0.383 e. The van der Waals surface area contributed by atoms with Crippen LogP contribution < -0.4 is 5.73 Å². The highest BCUT2D eigenvalue weighted by Crippen LogP contribution is 2.28. The number of rotatable bonds is 7. The summed E-state index contributed by atoms with van der Waals surface area (Å²) in [6.45, 7) is 6.98. The van der Waals surface area contributed by atoms with E-state index in [1.54, 1.807) is 7.11 Å². The highest BCUT2D eigenvalue weighted by atomic mass is 16.5. The zero-order valence-electron chi connectivity index (χ0n) is 12.4. The van der Waals surface area contributed by atoms with Gasteiger partial charge in [0.15, 0.2) is 0 Å². The summed E-state index contributed by atoms with van der Waals surface area (Å²) in [5, 5.41) is 0. The minimum atomic E-state index is 0.0954. The molecule has 2 N–H and O–H groups in total. The van der Waals surface area contributed by atoms with Crippen LogP contribution in [-0.4, -0.2) is 37.7 Å². The van der Waals surface area contributed by atoms with Crippen molar-refractivity contribution in [3.8, 4) is 0 Å². The van der Waals surface area contributed by atoms with Crippen molar-refractivity contribution in [2.24, 2.45) is 5.73 Å². The molecule has 1 aromatic rings. The van der Waals surface area contributed by atoms with Crippen LogP contribution in [0, 0.1) is 13.8 Å². The second-order valence-corrected chi connectivity index (χ2v) is 5.69. The van der Waals surface area contributed by atoms with E-state index in [0.717, 1.165) is 25.7 Å².